The minimum atomic E-state index is -0.510. The van der Waals surface area contributed by atoms with Crippen LogP contribution < -0.4 is 4.90 Å². The number of piperazine rings is 1. The van der Waals surface area contributed by atoms with Gasteiger partial charge in [0.1, 0.15) is 16.3 Å². The highest BCUT2D eigenvalue weighted by Crippen LogP contribution is 2.44. The van der Waals surface area contributed by atoms with Crippen LogP contribution in [0.5, 0.6) is 5.75 Å². The van der Waals surface area contributed by atoms with Crippen molar-refractivity contribution in [2.45, 2.75) is 13.0 Å². The van der Waals surface area contributed by atoms with Crippen molar-refractivity contribution in [3.8, 4) is 16.9 Å². The summed E-state index contributed by atoms with van der Waals surface area (Å²) in [5, 5.41) is 13.5. The van der Waals surface area contributed by atoms with E-state index in [1.54, 1.807) is 17.0 Å². The molecule has 5 rings (SSSR count). The van der Waals surface area contributed by atoms with Gasteiger partial charge >= 0.3 is 0 Å². The number of hydrogen-bond donors (Lipinski definition) is 1. The summed E-state index contributed by atoms with van der Waals surface area (Å²) in [6, 6.07) is 12.4. The number of phenols is 1. The van der Waals surface area contributed by atoms with Crippen LogP contribution >= 0.6 is 23.1 Å². The standard InChI is InChI=1S/C25H21ClFN3O2S/c1-3-21(32)30-9-8-29(13-14(30)2)25-19-12-20(26)22(23(27)24(19)28-33-25)18-11-16(31)10-15-6-4-5-7-17(15)18/h3-7,10-12,14,31H,1,8-9,13H2,2H3/t14-/m0/s1. The Morgan fingerprint density at radius 2 is 2.06 bits per heavy atom. The van der Waals surface area contributed by atoms with E-state index in [-0.39, 0.29) is 33.8 Å². The Labute approximate surface area is 199 Å². The van der Waals surface area contributed by atoms with Crippen LogP contribution in [0.3, 0.4) is 0 Å². The van der Waals surface area contributed by atoms with Gasteiger partial charge in [-0.2, -0.15) is 4.37 Å². The third-order valence-corrected chi connectivity index (χ3v) is 7.36. The SMILES string of the molecule is C=CC(=O)N1CCN(c2snc3c(F)c(-c4cc(O)cc5ccccc45)c(Cl)cc23)C[C@@H]1C. The molecule has 1 fully saturated rings. The number of rotatable bonds is 3. The Morgan fingerprint density at radius 1 is 1.27 bits per heavy atom. The normalized spacial score (nSPS) is 16.5. The van der Waals surface area contributed by atoms with Gasteiger partial charge in [0.2, 0.25) is 5.91 Å². The van der Waals surface area contributed by atoms with Gasteiger partial charge in [0.05, 0.1) is 5.02 Å². The number of aromatic nitrogens is 1. The van der Waals surface area contributed by atoms with E-state index in [4.69, 9.17) is 11.6 Å². The summed E-state index contributed by atoms with van der Waals surface area (Å²) in [4.78, 5) is 16.0. The van der Waals surface area contributed by atoms with Crippen molar-refractivity contribution in [3.05, 3.63) is 66.0 Å². The lowest BCUT2D eigenvalue weighted by Crippen LogP contribution is -2.53. The van der Waals surface area contributed by atoms with Crippen LogP contribution in [0.2, 0.25) is 5.02 Å². The molecular formula is C25H21ClFN3O2S. The van der Waals surface area contributed by atoms with Crippen molar-refractivity contribution >= 4 is 55.7 Å². The van der Waals surface area contributed by atoms with Gasteiger partial charge in [-0.05, 0) is 59.1 Å². The summed E-state index contributed by atoms with van der Waals surface area (Å²) < 4.78 is 20.3. The van der Waals surface area contributed by atoms with E-state index in [0.29, 0.717) is 30.6 Å². The highest BCUT2D eigenvalue weighted by Gasteiger charge is 2.29. The number of carbonyl (C=O) groups excluding carboxylic acids is 1. The van der Waals surface area contributed by atoms with Crippen molar-refractivity contribution < 1.29 is 14.3 Å². The van der Waals surface area contributed by atoms with Gasteiger partial charge in [0.15, 0.2) is 5.82 Å². The lowest BCUT2D eigenvalue weighted by atomic mass is 9.96. The third kappa shape index (κ3) is 3.61. The Kier molecular flexibility index (Phi) is 5.46. The molecule has 1 N–H and O–H groups in total. The molecule has 0 unspecified atom stereocenters. The molecule has 0 spiro atoms. The number of phenolic OH excluding ortho intramolecular Hbond substituents is 1. The van der Waals surface area contributed by atoms with E-state index in [1.165, 1.54) is 23.7 Å². The first-order valence-electron chi connectivity index (χ1n) is 10.6. The first kappa shape index (κ1) is 21.7. The maximum absolute atomic E-state index is 15.8. The number of hydrogen-bond acceptors (Lipinski definition) is 5. The lowest BCUT2D eigenvalue weighted by Gasteiger charge is -2.39. The van der Waals surface area contributed by atoms with Crippen LogP contribution in [-0.4, -0.2) is 46.0 Å². The van der Waals surface area contributed by atoms with Crippen LogP contribution in [0.4, 0.5) is 9.39 Å². The predicted octanol–water partition coefficient (Wildman–Crippen LogP) is 5.84. The highest BCUT2D eigenvalue weighted by molar-refractivity contribution is 7.11. The summed E-state index contributed by atoms with van der Waals surface area (Å²) in [5.41, 5.74) is 0.997. The molecule has 1 aliphatic rings. The van der Waals surface area contributed by atoms with Crippen LogP contribution in [0.25, 0.3) is 32.8 Å². The molecule has 1 saturated heterocycles. The molecule has 2 heterocycles. The summed E-state index contributed by atoms with van der Waals surface area (Å²) >= 11 is 7.87. The number of benzene rings is 3. The zero-order valence-corrected chi connectivity index (χ0v) is 19.5. The second-order valence-electron chi connectivity index (χ2n) is 8.18. The van der Waals surface area contributed by atoms with E-state index in [1.807, 2.05) is 31.2 Å². The molecular weight excluding hydrogens is 461 g/mol. The first-order valence-corrected chi connectivity index (χ1v) is 11.7. The van der Waals surface area contributed by atoms with E-state index in [9.17, 15) is 9.90 Å². The first-order chi connectivity index (χ1) is 15.9. The second-order valence-corrected chi connectivity index (χ2v) is 9.34. The number of amides is 1. The number of anilines is 1. The van der Waals surface area contributed by atoms with Crippen molar-refractivity contribution in [2.24, 2.45) is 0 Å². The van der Waals surface area contributed by atoms with Crippen molar-refractivity contribution in [1.82, 2.24) is 9.27 Å². The zero-order valence-electron chi connectivity index (χ0n) is 17.9. The lowest BCUT2D eigenvalue weighted by molar-refractivity contribution is -0.128. The van der Waals surface area contributed by atoms with Crippen molar-refractivity contribution in [2.75, 3.05) is 24.5 Å². The van der Waals surface area contributed by atoms with Gasteiger partial charge in [-0.3, -0.25) is 4.79 Å². The average Bonchev–Trinajstić information content (AvgIpc) is 3.22. The second kappa shape index (κ2) is 8.32. The topological polar surface area (TPSA) is 56.7 Å². The monoisotopic (exact) mass is 481 g/mol. The minimum absolute atomic E-state index is 0.0142. The summed E-state index contributed by atoms with van der Waals surface area (Å²) in [5.74, 6) is -0.559. The zero-order chi connectivity index (χ0) is 23.3. The number of aromatic hydroxyl groups is 1. The minimum Gasteiger partial charge on any atom is -0.508 e. The van der Waals surface area contributed by atoms with Crippen LogP contribution in [0.1, 0.15) is 6.92 Å². The molecule has 3 aromatic carbocycles. The molecule has 8 heteroatoms. The fourth-order valence-corrected chi connectivity index (χ4v) is 5.75. The molecule has 0 saturated carbocycles. The van der Waals surface area contributed by atoms with Crippen LogP contribution in [0, 0.1) is 5.82 Å². The molecule has 1 aromatic heterocycles. The Bertz CT molecular complexity index is 1420. The molecule has 33 heavy (non-hydrogen) atoms. The fraction of sp³-hybridized carbons (Fsp3) is 0.200. The van der Waals surface area contributed by atoms with E-state index < -0.39 is 5.82 Å². The van der Waals surface area contributed by atoms with Gasteiger partial charge in [-0.25, -0.2) is 4.39 Å². The van der Waals surface area contributed by atoms with E-state index in [0.717, 1.165) is 15.8 Å². The number of halogens is 2. The molecule has 168 valence electrons. The molecule has 0 bridgehead atoms. The quantitative estimate of drug-likeness (QED) is 0.373. The van der Waals surface area contributed by atoms with Gasteiger partial charge in [-0.15, -0.1) is 0 Å². The number of nitrogens with zero attached hydrogens (tertiary/aromatic N) is 3. The fourth-order valence-electron chi connectivity index (χ4n) is 4.56. The van der Waals surface area contributed by atoms with Gasteiger partial charge < -0.3 is 14.9 Å². The highest BCUT2D eigenvalue weighted by atomic mass is 35.5. The smallest absolute Gasteiger partial charge is 0.246 e. The molecule has 0 radical (unpaired) electrons. The van der Waals surface area contributed by atoms with Crippen molar-refractivity contribution in [1.29, 1.82) is 0 Å². The Morgan fingerprint density at radius 3 is 2.82 bits per heavy atom. The largest absolute Gasteiger partial charge is 0.508 e. The summed E-state index contributed by atoms with van der Waals surface area (Å²) in [7, 11) is 0. The summed E-state index contributed by atoms with van der Waals surface area (Å²) in [6.45, 7) is 7.32. The molecule has 0 aliphatic carbocycles. The molecule has 4 aromatic rings. The average molecular weight is 482 g/mol. The Hall–Kier alpha value is -3.16. The van der Waals surface area contributed by atoms with Crippen LogP contribution in [-0.2, 0) is 4.79 Å². The van der Waals surface area contributed by atoms with Gasteiger partial charge in [0.25, 0.3) is 0 Å². The molecule has 1 amide bonds. The summed E-state index contributed by atoms with van der Waals surface area (Å²) in [6.07, 6.45) is 1.33. The maximum Gasteiger partial charge on any atom is 0.246 e. The predicted molar refractivity (Wildman–Crippen MR) is 133 cm³/mol. The van der Waals surface area contributed by atoms with Crippen LogP contribution in [0.15, 0.2) is 55.1 Å². The third-order valence-electron chi connectivity index (χ3n) is 6.13. The molecule has 1 atom stereocenters. The van der Waals surface area contributed by atoms with E-state index >= 15 is 4.39 Å². The molecule has 1 aliphatic heterocycles. The van der Waals surface area contributed by atoms with E-state index in [2.05, 4.69) is 15.9 Å². The Balaban J connectivity index is 1.59. The van der Waals surface area contributed by atoms with Gasteiger partial charge in [-0.1, -0.05) is 42.4 Å². The van der Waals surface area contributed by atoms with Gasteiger partial charge in [0, 0.05) is 36.6 Å². The van der Waals surface area contributed by atoms with Crippen molar-refractivity contribution in [3.63, 3.8) is 0 Å². The maximum atomic E-state index is 15.8. The molecule has 5 nitrogen and oxygen atoms in total. The number of carbonyl (C=O) groups is 1. The number of fused-ring (bicyclic) bond motifs is 2.